The van der Waals surface area contributed by atoms with E-state index in [4.69, 9.17) is 13.6 Å². The van der Waals surface area contributed by atoms with Gasteiger partial charge in [0, 0.05) is 35.1 Å². The summed E-state index contributed by atoms with van der Waals surface area (Å²) in [5.41, 5.74) is 0.0909. The van der Waals surface area contributed by atoms with Gasteiger partial charge in [0.15, 0.2) is 27.8 Å². The van der Waals surface area contributed by atoms with Crippen molar-refractivity contribution in [3.8, 4) is 0 Å². The molecule has 0 aliphatic carbocycles. The summed E-state index contributed by atoms with van der Waals surface area (Å²) < 4.78 is 19.8. The molecule has 0 radical (unpaired) electrons. The molecule has 4 aromatic carbocycles. The maximum absolute atomic E-state index is 14.9. The molecule has 4 amide bonds. The van der Waals surface area contributed by atoms with Gasteiger partial charge in [0.1, 0.15) is 0 Å². The first-order chi connectivity index (χ1) is 27.1. The van der Waals surface area contributed by atoms with Crippen molar-refractivity contribution >= 4 is 40.6 Å². The fourth-order valence-corrected chi connectivity index (χ4v) is 22.8. The molecule has 4 aromatic rings. The molecule has 9 nitrogen and oxygen atoms in total. The fraction of sp³-hybridized carbons (Fsp3) is 0.391. The van der Waals surface area contributed by atoms with E-state index in [0.717, 1.165) is 22.3 Å². The molecule has 3 fully saturated rings. The Morgan fingerprint density at radius 1 is 0.526 bits per heavy atom. The Kier molecular flexibility index (Phi) is 10.7. The summed E-state index contributed by atoms with van der Waals surface area (Å²) in [6, 6.07) is 37.2. The number of cyclic esters (lactones) is 2. The van der Waals surface area contributed by atoms with Crippen LogP contribution >= 0.6 is 0 Å². The molecule has 298 valence electrons. The zero-order valence-corrected chi connectivity index (χ0v) is 36.2. The molecule has 0 N–H and O–H groups in total. The Hall–Kier alpha value is -4.85. The second kappa shape index (κ2) is 15.2. The quantitative estimate of drug-likeness (QED) is 0.147. The SMILES string of the molecule is CC(C)[C@@H]1N(C(=O)C[C@@H]2[C@@H](CC(=O)N3C(=O)OC(c4ccccc4)(c4ccccc4)[C@@H]3C(C)C)[Si](C)(C)O[Si]2(C)C)C(=O)OC1(c1ccccc1)c1ccccc1. The third-order valence-electron chi connectivity index (χ3n) is 12.5. The fourth-order valence-electron chi connectivity index (χ4n) is 10.3. The van der Waals surface area contributed by atoms with Crippen LogP contribution in [0.3, 0.4) is 0 Å². The Bertz CT molecular complexity index is 1880. The van der Waals surface area contributed by atoms with E-state index in [9.17, 15) is 19.2 Å². The number of carbonyl (C=O) groups excluding carboxylic acids is 4. The third-order valence-corrected chi connectivity index (χ3v) is 21.8. The van der Waals surface area contributed by atoms with Crippen LogP contribution in [0.15, 0.2) is 121 Å². The molecule has 0 saturated carbocycles. The van der Waals surface area contributed by atoms with Crippen LogP contribution in [-0.4, -0.2) is 62.5 Å². The summed E-state index contributed by atoms with van der Waals surface area (Å²) in [5.74, 6) is -1.03. The number of ether oxygens (including phenoxy) is 2. The lowest BCUT2D eigenvalue weighted by Gasteiger charge is -2.38. The van der Waals surface area contributed by atoms with Crippen LogP contribution in [0.1, 0.15) is 62.8 Å². The topological polar surface area (TPSA) is 102 Å². The van der Waals surface area contributed by atoms with Gasteiger partial charge in [0.2, 0.25) is 11.8 Å². The summed E-state index contributed by atoms with van der Waals surface area (Å²) in [4.78, 5) is 60.8. The van der Waals surface area contributed by atoms with Gasteiger partial charge in [-0.2, -0.15) is 0 Å². The van der Waals surface area contributed by atoms with E-state index < -0.39 is 52.1 Å². The predicted molar refractivity (Wildman–Crippen MR) is 224 cm³/mol. The number of nitrogens with zero attached hydrogens (tertiary/aromatic N) is 2. The normalized spacial score (nSPS) is 24.5. The number of hydrogen-bond acceptors (Lipinski definition) is 7. The van der Waals surface area contributed by atoms with Crippen molar-refractivity contribution in [2.24, 2.45) is 11.8 Å². The van der Waals surface area contributed by atoms with Crippen molar-refractivity contribution in [1.29, 1.82) is 0 Å². The zero-order chi connectivity index (χ0) is 40.9. The Morgan fingerprint density at radius 2 is 0.789 bits per heavy atom. The molecular weight excluding hydrogens is 749 g/mol. The van der Waals surface area contributed by atoms with E-state index in [1.54, 1.807) is 0 Å². The van der Waals surface area contributed by atoms with E-state index >= 15 is 0 Å². The van der Waals surface area contributed by atoms with E-state index in [-0.39, 0.29) is 47.6 Å². The molecule has 0 aromatic heterocycles. The van der Waals surface area contributed by atoms with E-state index in [1.165, 1.54) is 9.80 Å². The molecule has 4 atom stereocenters. The van der Waals surface area contributed by atoms with Gasteiger partial charge in [-0.15, -0.1) is 0 Å². The number of rotatable bonds is 10. The minimum Gasteiger partial charge on any atom is -0.455 e. The summed E-state index contributed by atoms with van der Waals surface area (Å²) in [5, 5.41) is 0. The number of amides is 4. The van der Waals surface area contributed by atoms with Crippen LogP contribution in [0.2, 0.25) is 37.3 Å². The van der Waals surface area contributed by atoms with Crippen LogP contribution in [0.5, 0.6) is 0 Å². The highest BCUT2D eigenvalue weighted by molar-refractivity contribution is 6.91. The van der Waals surface area contributed by atoms with Crippen LogP contribution in [0.4, 0.5) is 9.59 Å². The Morgan fingerprint density at radius 3 is 1.04 bits per heavy atom. The number of imide groups is 2. The van der Waals surface area contributed by atoms with Gasteiger partial charge in [0.05, 0.1) is 12.1 Å². The van der Waals surface area contributed by atoms with E-state index in [1.807, 2.05) is 149 Å². The van der Waals surface area contributed by atoms with Crippen LogP contribution in [-0.2, 0) is 34.4 Å². The lowest BCUT2D eigenvalue weighted by molar-refractivity contribution is -0.132. The van der Waals surface area contributed by atoms with Crippen molar-refractivity contribution in [1.82, 2.24) is 9.80 Å². The number of hydrogen-bond donors (Lipinski definition) is 0. The third kappa shape index (κ3) is 6.77. The summed E-state index contributed by atoms with van der Waals surface area (Å²) in [6.07, 6.45) is -1.35. The average molecular weight is 803 g/mol. The van der Waals surface area contributed by atoms with Crippen LogP contribution in [0.25, 0.3) is 0 Å². The highest BCUT2D eigenvalue weighted by atomic mass is 28.4. The molecule has 3 aliphatic heterocycles. The predicted octanol–water partition coefficient (Wildman–Crippen LogP) is 9.84. The lowest BCUT2D eigenvalue weighted by Crippen LogP contribution is -2.51. The first-order valence-electron chi connectivity index (χ1n) is 20.1. The Labute approximate surface area is 338 Å². The van der Waals surface area contributed by atoms with Gasteiger partial charge in [0.25, 0.3) is 0 Å². The summed E-state index contributed by atoms with van der Waals surface area (Å²) in [6.45, 7) is 16.4. The van der Waals surface area contributed by atoms with Crippen molar-refractivity contribution in [3.05, 3.63) is 144 Å². The monoisotopic (exact) mass is 802 g/mol. The first kappa shape index (κ1) is 40.4. The highest BCUT2D eigenvalue weighted by Crippen LogP contribution is 2.56. The molecule has 11 heteroatoms. The molecule has 3 saturated heterocycles. The molecule has 0 bridgehead atoms. The Balaban J connectivity index is 1.23. The molecule has 0 unspecified atom stereocenters. The van der Waals surface area contributed by atoms with Crippen molar-refractivity contribution in [3.63, 3.8) is 0 Å². The zero-order valence-electron chi connectivity index (χ0n) is 34.2. The molecular formula is C46H54N2O7Si2. The molecule has 3 aliphatic rings. The van der Waals surface area contributed by atoms with Crippen molar-refractivity contribution in [2.75, 3.05) is 0 Å². The minimum atomic E-state index is -2.64. The average Bonchev–Trinajstić information content (AvgIpc) is 3.75. The van der Waals surface area contributed by atoms with Crippen molar-refractivity contribution in [2.45, 2.75) is 101 Å². The van der Waals surface area contributed by atoms with Gasteiger partial charge in [-0.1, -0.05) is 149 Å². The lowest BCUT2D eigenvalue weighted by atomic mass is 9.75. The van der Waals surface area contributed by atoms with Crippen molar-refractivity contribution < 1.29 is 32.8 Å². The van der Waals surface area contributed by atoms with Gasteiger partial charge < -0.3 is 13.6 Å². The second-order valence-corrected chi connectivity index (χ2v) is 26.2. The highest BCUT2D eigenvalue weighted by Gasteiger charge is 2.64. The molecule has 57 heavy (non-hydrogen) atoms. The second-order valence-electron chi connectivity index (χ2n) is 17.5. The number of benzene rings is 4. The minimum absolute atomic E-state index is 0.0155. The van der Waals surface area contributed by atoms with E-state index in [0.29, 0.717) is 0 Å². The van der Waals surface area contributed by atoms with Crippen LogP contribution < -0.4 is 0 Å². The largest absolute Gasteiger partial charge is 0.455 e. The molecule has 3 heterocycles. The summed E-state index contributed by atoms with van der Waals surface area (Å²) in [7, 11) is -5.27. The van der Waals surface area contributed by atoms with E-state index in [2.05, 4.69) is 26.2 Å². The van der Waals surface area contributed by atoms with Crippen LogP contribution in [0, 0.1) is 11.8 Å². The van der Waals surface area contributed by atoms with Gasteiger partial charge >= 0.3 is 12.2 Å². The van der Waals surface area contributed by atoms with Gasteiger partial charge in [-0.3, -0.25) is 9.59 Å². The smallest absolute Gasteiger partial charge is 0.418 e. The molecule has 0 spiro atoms. The first-order valence-corrected chi connectivity index (χ1v) is 26.1. The standard InChI is InChI=1S/C46H54N2O7Si2/c1-31(2)41-45(33-21-13-9-14-22-33,34-23-15-10-16-24-34)53-43(51)47(41)39(49)29-37-38(57(7,8)55-56(37,5)6)30-40(50)48-42(32(3)4)46(54-44(48)52,35-25-17-11-18-26-35)36-27-19-12-20-28-36/h9-28,31-32,37-38,41-42H,29-30H2,1-8H3/t37-,38-,41+,42+/m1/s1. The molecule has 7 rings (SSSR count). The maximum Gasteiger partial charge on any atom is 0.418 e. The van der Waals surface area contributed by atoms with Gasteiger partial charge in [-0.25, -0.2) is 19.4 Å². The number of carbonyl (C=O) groups is 4. The maximum atomic E-state index is 14.9. The van der Waals surface area contributed by atoms with Gasteiger partial charge in [-0.05, 0) is 49.1 Å². The summed E-state index contributed by atoms with van der Waals surface area (Å²) >= 11 is 0.